The van der Waals surface area contributed by atoms with Gasteiger partial charge >= 0.3 is 0 Å². The van der Waals surface area contributed by atoms with Gasteiger partial charge in [0.2, 0.25) is 0 Å². The van der Waals surface area contributed by atoms with Crippen LogP contribution in [0.2, 0.25) is 5.15 Å². The molecule has 0 saturated carbocycles. The minimum Gasteiger partial charge on any atom is -0.493 e. The van der Waals surface area contributed by atoms with Gasteiger partial charge < -0.3 is 14.8 Å². The molecule has 1 aromatic heterocycles. The number of anilines is 1. The lowest BCUT2D eigenvalue weighted by Crippen LogP contribution is -2.39. The third kappa shape index (κ3) is 6.11. The molecule has 1 N–H and O–H groups in total. The average Bonchev–Trinajstić information content (AvgIpc) is 2.65. The molecule has 6 nitrogen and oxygen atoms in total. The number of methoxy groups -OCH3 is 1. The first kappa shape index (κ1) is 22.0. The van der Waals surface area contributed by atoms with Crippen LogP contribution in [0.25, 0.3) is 0 Å². The largest absolute Gasteiger partial charge is 0.493 e. The van der Waals surface area contributed by atoms with Crippen molar-refractivity contribution in [3.63, 3.8) is 0 Å². The Morgan fingerprint density at radius 1 is 1.14 bits per heavy atom. The maximum absolute atomic E-state index is 12.4. The van der Waals surface area contributed by atoms with Gasteiger partial charge in [-0.25, -0.2) is 4.98 Å². The quantitative estimate of drug-likeness (QED) is 0.622. The molecular weight excluding hydrogens is 378 g/mol. The van der Waals surface area contributed by atoms with Crippen molar-refractivity contribution in [3.8, 4) is 11.5 Å². The van der Waals surface area contributed by atoms with E-state index in [1.165, 1.54) is 6.20 Å². The number of aromatic nitrogens is 1. The fourth-order valence-electron chi connectivity index (χ4n) is 2.95. The first-order valence-corrected chi connectivity index (χ1v) is 9.69. The summed E-state index contributed by atoms with van der Waals surface area (Å²) in [6.45, 7) is 9.99. The van der Waals surface area contributed by atoms with Crippen molar-refractivity contribution < 1.29 is 14.3 Å². The number of benzene rings is 1. The number of amides is 1. The minimum absolute atomic E-state index is 0.272. The van der Waals surface area contributed by atoms with Crippen LogP contribution in [0.5, 0.6) is 11.5 Å². The summed E-state index contributed by atoms with van der Waals surface area (Å²) in [6, 6.07) is 9.37. The SMILES string of the molecule is COc1ccc(NC(=O)c2ccc(Cl)nc2)cc1OCCN(C(C)C)C(C)C. The monoisotopic (exact) mass is 405 g/mol. The molecule has 0 unspecified atom stereocenters. The van der Waals surface area contributed by atoms with Gasteiger partial charge in [-0.05, 0) is 52.0 Å². The van der Waals surface area contributed by atoms with Gasteiger partial charge in [-0.2, -0.15) is 0 Å². The molecule has 1 heterocycles. The zero-order chi connectivity index (χ0) is 20.7. The first-order valence-electron chi connectivity index (χ1n) is 9.31. The Hall–Kier alpha value is -2.31. The van der Waals surface area contributed by atoms with Crippen molar-refractivity contribution in [2.45, 2.75) is 39.8 Å². The van der Waals surface area contributed by atoms with E-state index in [4.69, 9.17) is 21.1 Å². The molecule has 0 saturated heterocycles. The van der Waals surface area contributed by atoms with Crippen LogP contribution in [0.4, 0.5) is 5.69 Å². The second kappa shape index (κ2) is 10.3. The van der Waals surface area contributed by atoms with E-state index in [9.17, 15) is 4.79 Å². The highest BCUT2D eigenvalue weighted by molar-refractivity contribution is 6.29. The highest BCUT2D eigenvalue weighted by Crippen LogP contribution is 2.30. The Balaban J connectivity index is 2.06. The number of halogens is 1. The van der Waals surface area contributed by atoms with Gasteiger partial charge in [0, 0.05) is 36.6 Å². The zero-order valence-corrected chi connectivity index (χ0v) is 17.8. The van der Waals surface area contributed by atoms with Gasteiger partial charge in [-0.15, -0.1) is 0 Å². The predicted octanol–water partition coefficient (Wildman–Crippen LogP) is 4.49. The van der Waals surface area contributed by atoms with Crippen LogP contribution in [0, 0.1) is 0 Å². The predicted molar refractivity (Wildman–Crippen MR) is 113 cm³/mol. The number of pyridine rings is 1. The van der Waals surface area contributed by atoms with Gasteiger partial charge in [0.05, 0.1) is 12.7 Å². The van der Waals surface area contributed by atoms with E-state index in [0.29, 0.717) is 46.6 Å². The van der Waals surface area contributed by atoms with Crippen molar-refractivity contribution in [3.05, 3.63) is 47.2 Å². The topological polar surface area (TPSA) is 63.7 Å². The molecule has 152 valence electrons. The Morgan fingerprint density at radius 2 is 1.86 bits per heavy atom. The summed E-state index contributed by atoms with van der Waals surface area (Å²) in [5, 5.41) is 3.18. The molecule has 28 heavy (non-hydrogen) atoms. The van der Waals surface area contributed by atoms with E-state index in [1.807, 2.05) is 0 Å². The second-order valence-corrected chi connectivity index (χ2v) is 7.35. The smallest absolute Gasteiger partial charge is 0.257 e. The molecule has 0 spiro atoms. The molecule has 0 fully saturated rings. The molecule has 1 aromatic carbocycles. The summed E-state index contributed by atoms with van der Waals surface area (Å²) >= 11 is 5.76. The van der Waals surface area contributed by atoms with Crippen LogP contribution in [-0.2, 0) is 0 Å². The van der Waals surface area contributed by atoms with Gasteiger partial charge in [0.15, 0.2) is 11.5 Å². The van der Waals surface area contributed by atoms with E-state index < -0.39 is 0 Å². The Labute approximate surface area is 171 Å². The molecule has 0 bridgehead atoms. The summed E-state index contributed by atoms with van der Waals surface area (Å²) in [5.74, 6) is 0.930. The van der Waals surface area contributed by atoms with E-state index in [1.54, 1.807) is 37.4 Å². The number of rotatable bonds is 9. The highest BCUT2D eigenvalue weighted by atomic mass is 35.5. The number of hydrogen-bond donors (Lipinski definition) is 1. The maximum Gasteiger partial charge on any atom is 0.257 e. The molecule has 0 atom stereocenters. The zero-order valence-electron chi connectivity index (χ0n) is 17.0. The number of nitrogens with zero attached hydrogens (tertiary/aromatic N) is 2. The summed E-state index contributed by atoms with van der Waals surface area (Å²) in [5.41, 5.74) is 1.03. The maximum atomic E-state index is 12.4. The lowest BCUT2D eigenvalue weighted by Gasteiger charge is -2.30. The van der Waals surface area contributed by atoms with Crippen LogP contribution in [0.3, 0.4) is 0 Å². The van der Waals surface area contributed by atoms with Crippen molar-refractivity contribution in [2.75, 3.05) is 25.6 Å². The van der Waals surface area contributed by atoms with E-state index in [2.05, 4.69) is 42.9 Å². The number of nitrogens with one attached hydrogen (secondary N) is 1. The van der Waals surface area contributed by atoms with E-state index in [-0.39, 0.29) is 5.91 Å². The third-order valence-electron chi connectivity index (χ3n) is 4.34. The molecule has 0 aliphatic carbocycles. The number of carbonyl (C=O) groups excluding carboxylic acids is 1. The Morgan fingerprint density at radius 3 is 2.43 bits per heavy atom. The first-order chi connectivity index (χ1) is 13.3. The third-order valence-corrected chi connectivity index (χ3v) is 4.57. The van der Waals surface area contributed by atoms with E-state index >= 15 is 0 Å². The summed E-state index contributed by atoms with van der Waals surface area (Å²) in [6.07, 6.45) is 1.44. The average molecular weight is 406 g/mol. The Kier molecular flexibility index (Phi) is 8.08. The van der Waals surface area contributed by atoms with Crippen LogP contribution in [0.1, 0.15) is 38.1 Å². The molecule has 2 rings (SSSR count). The molecule has 0 aliphatic rings. The molecule has 1 amide bonds. The second-order valence-electron chi connectivity index (χ2n) is 6.96. The van der Waals surface area contributed by atoms with Crippen molar-refractivity contribution in [1.82, 2.24) is 9.88 Å². The number of carbonyl (C=O) groups is 1. The lowest BCUT2D eigenvalue weighted by molar-refractivity contribution is 0.102. The van der Waals surface area contributed by atoms with Crippen LogP contribution < -0.4 is 14.8 Å². The van der Waals surface area contributed by atoms with Crippen LogP contribution in [0.15, 0.2) is 36.5 Å². The van der Waals surface area contributed by atoms with Crippen molar-refractivity contribution in [1.29, 1.82) is 0 Å². The van der Waals surface area contributed by atoms with Gasteiger partial charge in [0.25, 0.3) is 5.91 Å². The van der Waals surface area contributed by atoms with Crippen LogP contribution >= 0.6 is 11.6 Å². The normalized spacial score (nSPS) is 11.2. The molecule has 0 aliphatic heterocycles. The van der Waals surface area contributed by atoms with Gasteiger partial charge in [-0.1, -0.05) is 11.6 Å². The number of ether oxygens (including phenoxy) is 2. The Bertz CT molecular complexity index is 771. The minimum atomic E-state index is -0.272. The number of hydrogen-bond acceptors (Lipinski definition) is 5. The molecule has 0 radical (unpaired) electrons. The van der Waals surface area contributed by atoms with Crippen molar-refractivity contribution >= 4 is 23.2 Å². The fraction of sp³-hybridized carbons (Fsp3) is 0.429. The molecular formula is C21H28ClN3O3. The van der Waals surface area contributed by atoms with E-state index in [0.717, 1.165) is 6.54 Å². The van der Waals surface area contributed by atoms with Gasteiger partial charge in [-0.3, -0.25) is 9.69 Å². The standard InChI is InChI=1S/C21H28ClN3O3/c1-14(2)25(15(3)4)10-11-28-19-12-17(7-8-18(19)27-5)24-21(26)16-6-9-20(22)23-13-16/h6-9,12-15H,10-11H2,1-5H3,(H,24,26). The summed E-state index contributed by atoms with van der Waals surface area (Å²) in [7, 11) is 1.59. The molecule has 7 heteroatoms. The van der Waals surface area contributed by atoms with Crippen molar-refractivity contribution in [2.24, 2.45) is 0 Å². The highest BCUT2D eigenvalue weighted by Gasteiger charge is 2.14. The molecule has 2 aromatic rings. The fourth-order valence-corrected chi connectivity index (χ4v) is 3.07. The van der Waals surface area contributed by atoms with Gasteiger partial charge in [0.1, 0.15) is 11.8 Å². The summed E-state index contributed by atoms with van der Waals surface area (Å²) < 4.78 is 11.3. The lowest BCUT2D eigenvalue weighted by atomic mass is 10.2. The summed E-state index contributed by atoms with van der Waals surface area (Å²) in [4.78, 5) is 18.7. The van der Waals surface area contributed by atoms with Crippen LogP contribution in [-0.4, -0.2) is 48.1 Å².